The predicted molar refractivity (Wildman–Crippen MR) is 37.8 cm³/mol. The molecule has 0 radical (unpaired) electrons. The van der Waals surface area contributed by atoms with Gasteiger partial charge < -0.3 is 10.4 Å². The molecule has 0 amide bonds. The van der Waals surface area contributed by atoms with Crippen molar-refractivity contribution in [2.45, 2.75) is 18.9 Å². The predicted octanol–water partition coefficient (Wildman–Crippen LogP) is 0.379. The van der Waals surface area contributed by atoms with E-state index in [1.165, 1.54) is 0 Å². The van der Waals surface area contributed by atoms with Gasteiger partial charge in [-0.25, -0.2) is 0 Å². The van der Waals surface area contributed by atoms with Crippen molar-refractivity contribution < 1.29 is 9.90 Å². The lowest BCUT2D eigenvalue weighted by molar-refractivity contribution is -0.139. The maximum Gasteiger partial charge on any atom is 0.321 e. The molecule has 0 bridgehead atoms. The summed E-state index contributed by atoms with van der Waals surface area (Å²) in [6.07, 6.45) is 5.47. The summed E-state index contributed by atoms with van der Waals surface area (Å²) < 4.78 is 0. The molecule has 0 aliphatic carbocycles. The average Bonchev–Trinajstić information content (AvgIpc) is 2.12. The molecule has 1 aliphatic rings. The topological polar surface area (TPSA) is 49.3 Å². The first-order valence-corrected chi connectivity index (χ1v) is 3.42. The monoisotopic (exact) mass is 141 g/mol. The zero-order valence-corrected chi connectivity index (χ0v) is 5.71. The zero-order valence-electron chi connectivity index (χ0n) is 5.71. The van der Waals surface area contributed by atoms with Gasteiger partial charge in [0.25, 0.3) is 0 Å². The van der Waals surface area contributed by atoms with Gasteiger partial charge in [-0.05, 0) is 19.4 Å². The third-order valence-corrected chi connectivity index (χ3v) is 1.54. The van der Waals surface area contributed by atoms with Crippen LogP contribution < -0.4 is 5.32 Å². The lowest BCUT2D eigenvalue weighted by atomic mass is 10.2. The highest BCUT2D eigenvalue weighted by Gasteiger charge is 2.14. The summed E-state index contributed by atoms with van der Waals surface area (Å²) in [6.45, 7) is 0.771. The lowest BCUT2D eigenvalue weighted by Gasteiger charge is -2.07. The van der Waals surface area contributed by atoms with Crippen molar-refractivity contribution in [3.8, 4) is 0 Å². The summed E-state index contributed by atoms with van der Waals surface area (Å²) >= 11 is 0. The fourth-order valence-corrected chi connectivity index (χ4v) is 0.963. The van der Waals surface area contributed by atoms with E-state index in [0.29, 0.717) is 6.42 Å². The van der Waals surface area contributed by atoms with E-state index in [1.807, 2.05) is 12.2 Å². The molecule has 0 fully saturated rings. The van der Waals surface area contributed by atoms with Crippen LogP contribution in [0.3, 0.4) is 0 Å². The maximum absolute atomic E-state index is 10.4. The Morgan fingerprint density at radius 1 is 1.60 bits per heavy atom. The maximum atomic E-state index is 10.4. The highest BCUT2D eigenvalue weighted by molar-refractivity contribution is 5.73. The van der Waals surface area contributed by atoms with Gasteiger partial charge in [0.2, 0.25) is 0 Å². The second kappa shape index (κ2) is 3.37. The van der Waals surface area contributed by atoms with Crippen molar-refractivity contribution in [2.24, 2.45) is 0 Å². The van der Waals surface area contributed by atoms with Crippen LogP contribution in [0, 0.1) is 0 Å². The first-order valence-electron chi connectivity index (χ1n) is 3.42. The number of hydrogen-bond acceptors (Lipinski definition) is 2. The second-order valence-corrected chi connectivity index (χ2v) is 2.34. The van der Waals surface area contributed by atoms with Gasteiger partial charge in [0.05, 0.1) is 0 Å². The van der Waals surface area contributed by atoms with Gasteiger partial charge >= 0.3 is 5.97 Å². The fourth-order valence-electron chi connectivity index (χ4n) is 0.963. The molecule has 2 N–H and O–H groups in total. The SMILES string of the molecule is O=C(O)[C@@H]1CC=CCCN1. The van der Waals surface area contributed by atoms with Gasteiger partial charge in [0.15, 0.2) is 0 Å². The van der Waals surface area contributed by atoms with Gasteiger partial charge in [0, 0.05) is 0 Å². The third-order valence-electron chi connectivity index (χ3n) is 1.54. The molecule has 1 heterocycles. The highest BCUT2D eigenvalue weighted by Crippen LogP contribution is 1.99. The minimum Gasteiger partial charge on any atom is -0.480 e. The Morgan fingerprint density at radius 2 is 2.40 bits per heavy atom. The van der Waals surface area contributed by atoms with E-state index in [-0.39, 0.29) is 6.04 Å². The first-order chi connectivity index (χ1) is 4.80. The fraction of sp³-hybridized carbons (Fsp3) is 0.571. The van der Waals surface area contributed by atoms with E-state index in [1.54, 1.807) is 0 Å². The Bertz CT molecular complexity index is 154. The molecule has 0 aromatic rings. The van der Waals surface area contributed by atoms with E-state index in [9.17, 15) is 4.79 Å². The average molecular weight is 141 g/mol. The van der Waals surface area contributed by atoms with E-state index in [4.69, 9.17) is 5.11 Å². The van der Waals surface area contributed by atoms with Crippen LogP contribution >= 0.6 is 0 Å². The smallest absolute Gasteiger partial charge is 0.321 e. The molecule has 0 spiro atoms. The van der Waals surface area contributed by atoms with Crippen LogP contribution in [0.2, 0.25) is 0 Å². The largest absolute Gasteiger partial charge is 0.480 e. The summed E-state index contributed by atoms with van der Waals surface area (Å²) in [5, 5.41) is 11.5. The molecular weight excluding hydrogens is 130 g/mol. The molecule has 0 aromatic heterocycles. The highest BCUT2D eigenvalue weighted by atomic mass is 16.4. The number of carboxylic acid groups (broad SMARTS) is 1. The van der Waals surface area contributed by atoms with Crippen LogP contribution in [0.4, 0.5) is 0 Å². The Morgan fingerprint density at radius 3 is 3.10 bits per heavy atom. The van der Waals surface area contributed by atoms with E-state index >= 15 is 0 Å². The number of carbonyl (C=O) groups is 1. The minimum absolute atomic E-state index is 0.376. The van der Waals surface area contributed by atoms with Gasteiger partial charge in [-0.3, -0.25) is 4.79 Å². The van der Waals surface area contributed by atoms with Crippen molar-refractivity contribution in [1.29, 1.82) is 0 Å². The normalized spacial score (nSPS) is 25.8. The molecule has 1 aliphatic heterocycles. The first kappa shape index (κ1) is 7.28. The molecule has 0 saturated carbocycles. The van der Waals surface area contributed by atoms with Crippen molar-refractivity contribution >= 4 is 5.97 Å². The van der Waals surface area contributed by atoms with Gasteiger partial charge in [-0.1, -0.05) is 12.2 Å². The quantitative estimate of drug-likeness (QED) is 0.519. The van der Waals surface area contributed by atoms with E-state index < -0.39 is 5.97 Å². The summed E-state index contributed by atoms with van der Waals surface area (Å²) in [6, 6.07) is -0.376. The standard InChI is InChI=1S/C7H11NO2/c9-7(10)6-4-2-1-3-5-8-6/h1-2,6,8H,3-5H2,(H,9,10)/t6-/m0/s1. The number of nitrogens with one attached hydrogen (secondary N) is 1. The molecule has 1 atom stereocenters. The summed E-state index contributed by atoms with van der Waals surface area (Å²) in [7, 11) is 0. The zero-order chi connectivity index (χ0) is 7.40. The minimum atomic E-state index is -0.758. The molecule has 0 unspecified atom stereocenters. The molecular formula is C7H11NO2. The molecule has 0 aromatic carbocycles. The summed E-state index contributed by atoms with van der Waals surface area (Å²) in [4.78, 5) is 10.4. The molecule has 3 heteroatoms. The molecule has 10 heavy (non-hydrogen) atoms. The van der Waals surface area contributed by atoms with Crippen molar-refractivity contribution in [3.05, 3.63) is 12.2 Å². The van der Waals surface area contributed by atoms with Gasteiger partial charge in [-0.2, -0.15) is 0 Å². The molecule has 0 saturated heterocycles. The molecule has 56 valence electrons. The van der Waals surface area contributed by atoms with Crippen LogP contribution in [0.5, 0.6) is 0 Å². The third kappa shape index (κ3) is 1.84. The summed E-state index contributed by atoms with van der Waals surface area (Å²) in [5.41, 5.74) is 0. The molecule has 1 rings (SSSR count). The van der Waals surface area contributed by atoms with E-state index in [2.05, 4.69) is 5.32 Å². The number of rotatable bonds is 1. The lowest BCUT2D eigenvalue weighted by Crippen LogP contribution is -2.35. The second-order valence-electron chi connectivity index (χ2n) is 2.34. The van der Waals surface area contributed by atoms with Gasteiger partial charge in [0.1, 0.15) is 6.04 Å². The number of hydrogen-bond donors (Lipinski definition) is 2. The van der Waals surface area contributed by atoms with Crippen molar-refractivity contribution in [2.75, 3.05) is 6.54 Å². The van der Waals surface area contributed by atoms with Crippen LogP contribution in [0.25, 0.3) is 0 Å². The van der Waals surface area contributed by atoms with E-state index in [0.717, 1.165) is 13.0 Å². The Balaban J connectivity index is 2.45. The molecule has 3 nitrogen and oxygen atoms in total. The summed E-state index contributed by atoms with van der Waals surface area (Å²) in [5.74, 6) is -0.758. The van der Waals surface area contributed by atoms with Crippen LogP contribution in [0.15, 0.2) is 12.2 Å². The Kier molecular flexibility index (Phi) is 2.45. The Hall–Kier alpha value is -0.830. The van der Waals surface area contributed by atoms with Crippen molar-refractivity contribution in [1.82, 2.24) is 5.32 Å². The van der Waals surface area contributed by atoms with Crippen LogP contribution in [0.1, 0.15) is 12.8 Å². The van der Waals surface area contributed by atoms with Crippen LogP contribution in [-0.4, -0.2) is 23.7 Å². The number of carboxylic acids is 1. The van der Waals surface area contributed by atoms with Crippen molar-refractivity contribution in [3.63, 3.8) is 0 Å². The van der Waals surface area contributed by atoms with Gasteiger partial charge in [-0.15, -0.1) is 0 Å². The Labute approximate surface area is 59.7 Å². The van der Waals surface area contributed by atoms with Crippen LogP contribution in [-0.2, 0) is 4.79 Å². The number of aliphatic carboxylic acids is 1.